The molecule has 3 heterocycles. The molecule has 0 spiro atoms. The molecule has 9 heteroatoms. The van der Waals surface area contributed by atoms with E-state index in [2.05, 4.69) is 0 Å². The second-order valence-electron chi connectivity index (χ2n) is 8.91. The monoisotopic (exact) mass is 511 g/mol. The third-order valence-corrected chi connectivity index (χ3v) is 7.89. The van der Waals surface area contributed by atoms with E-state index in [1.54, 1.807) is 17.2 Å². The van der Waals surface area contributed by atoms with Crippen molar-refractivity contribution in [1.82, 2.24) is 4.90 Å². The Morgan fingerprint density at radius 2 is 1.51 bits per heavy atom. The van der Waals surface area contributed by atoms with Gasteiger partial charge in [0.15, 0.2) is 6.10 Å². The van der Waals surface area contributed by atoms with Crippen LogP contribution in [0, 0.1) is 16.0 Å². The molecule has 8 nitrogen and oxygen atoms in total. The van der Waals surface area contributed by atoms with Crippen molar-refractivity contribution >= 4 is 34.5 Å². The van der Waals surface area contributed by atoms with Crippen molar-refractivity contribution in [1.29, 1.82) is 0 Å². The first-order chi connectivity index (χ1) is 18.0. The molecule has 37 heavy (non-hydrogen) atoms. The van der Waals surface area contributed by atoms with E-state index in [4.69, 9.17) is 4.84 Å². The largest absolute Gasteiger partial charge is 0.275 e. The average molecular weight is 512 g/mol. The van der Waals surface area contributed by atoms with E-state index in [-0.39, 0.29) is 24.0 Å². The molecule has 3 aromatic carbocycles. The Labute approximate surface area is 216 Å². The number of anilines is 1. The number of amides is 2. The highest BCUT2D eigenvalue weighted by atomic mass is 32.1. The third kappa shape index (κ3) is 4.08. The predicted molar refractivity (Wildman–Crippen MR) is 138 cm³/mol. The zero-order valence-corrected chi connectivity index (χ0v) is 20.3. The van der Waals surface area contributed by atoms with E-state index in [0.717, 1.165) is 26.6 Å². The SMILES string of the molecule is O=C1[C@@H]2[C@H](ON(c3ccccc3)[C@H]2c2ccc(-c3ccc([N+](=O)[O-])cc3)s2)C(=O)N1Cc1ccccc1. The van der Waals surface area contributed by atoms with E-state index in [9.17, 15) is 19.7 Å². The smallest absolute Gasteiger partial charge is 0.269 e. The fourth-order valence-electron chi connectivity index (χ4n) is 4.90. The Bertz CT molecular complexity index is 1470. The summed E-state index contributed by atoms with van der Waals surface area (Å²) in [5.41, 5.74) is 2.49. The van der Waals surface area contributed by atoms with Gasteiger partial charge >= 0.3 is 0 Å². The van der Waals surface area contributed by atoms with Gasteiger partial charge in [0.25, 0.3) is 11.6 Å². The lowest BCUT2D eigenvalue weighted by Crippen LogP contribution is -2.36. The Morgan fingerprint density at radius 1 is 0.838 bits per heavy atom. The van der Waals surface area contributed by atoms with Crippen LogP contribution in [0.4, 0.5) is 11.4 Å². The van der Waals surface area contributed by atoms with Crippen molar-refractivity contribution in [3.63, 3.8) is 0 Å². The molecule has 0 N–H and O–H groups in total. The lowest BCUT2D eigenvalue weighted by atomic mass is 9.95. The molecule has 2 aliphatic rings. The van der Waals surface area contributed by atoms with Crippen LogP contribution in [0.25, 0.3) is 10.4 Å². The lowest BCUT2D eigenvalue weighted by molar-refractivity contribution is -0.384. The van der Waals surface area contributed by atoms with Crippen LogP contribution in [0.3, 0.4) is 0 Å². The number of nitro groups is 1. The Hall–Kier alpha value is -4.34. The fraction of sp³-hybridized carbons (Fsp3) is 0.143. The standard InChI is InChI=1S/C28H21N3O5S/c32-27-24-25(23-16-15-22(37-23)19-11-13-21(14-12-19)31(34)35)30(20-9-5-2-6-10-20)36-26(24)28(33)29(27)17-18-7-3-1-4-8-18/h1-16,24-26H,17H2/t24-,25-,26-/m0/s1. The molecule has 6 rings (SSSR count). The number of nitro benzene ring substituents is 1. The second-order valence-corrected chi connectivity index (χ2v) is 10.0. The zero-order chi connectivity index (χ0) is 25.5. The number of carbonyl (C=O) groups is 2. The third-order valence-electron chi connectivity index (χ3n) is 6.68. The summed E-state index contributed by atoms with van der Waals surface area (Å²) in [6.45, 7) is 0.200. The normalized spacial score (nSPS) is 20.9. The lowest BCUT2D eigenvalue weighted by Gasteiger charge is -2.27. The number of para-hydroxylation sites is 1. The first-order valence-electron chi connectivity index (χ1n) is 11.8. The maximum atomic E-state index is 13.7. The first kappa shape index (κ1) is 23.1. The summed E-state index contributed by atoms with van der Waals surface area (Å²) in [6.07, 6.45) is -0.911. The van der Waals surface area contributed by atoms with Gasteiger partial charge in [-0.2, -0.15) is 0 Å². The average Bonchev–Trinajstić information content (AvgIpc) is 3.62. The van der Waals surface area contributed by atoms with Crippen LogP contribution in [0.15, 0.2) is 97.1 Å². The topological polar surface area (TPSA) is 93.0 Å². The van der Waals surface area contributed by atoms with Crippen molar-refractivity contribution in [3.05, 3.63) is 118 Å². The highest BCUT2D eigenvalue weighted by Gasteiger charge is 2.60. The van der Waals surface area contributed by atoms with Gasteiger partial charge in [-0.3, -0.25) is 29.4 Å². The molecular weight excluding hydrogens is 490 g/mol. The van der Waals surface area contributed by atoms with Gasteiger partial charge in [-0.15, -0.1) is 11.3 Å². The minimum absolute atomic E-state index is 0.0244. The van der Waals surface area contributed by atoms with E-state index in [0.29, 0.717) is 0 Å². The zero-order valence-electron chi connectivity index (χ0n) is 19.5. The van der Waals surface area contributed by atoms with Gasteiger partial charge in [0.1, 0.15) is 12.0 Å². The summed E-state index contributed by atoms with van der Waals surface area (Å²) < 4.78 is 0. The summed E-state index contributed by atoms with van der Waals surface area (Å²) in [5, 5.41) is 12.7. The van der Waals surface area contributed by atoms with Crippen molar-refractivity contribution in [2.75, 3.05) is 5.06 Å². The number of thiophene rings is 1. The molecule has 0 saturated carbocycles. The highest BCUT2D eigenvalue weighted by Crippen LogP contribution is 2.49. The first-order valence-corrected chi connectivity index (χ1v) is 12.6. The number of hydrogen-bond donors (Lipinski definition) is 0. The highest BCUT2D eigenvalue weighted by molar-refractivity contribution is 7.15. The quantitative estimate of drug-likeness (QED) is 0.196. The van der Waals surface area contributed by atoms with Crippen molar-refractivity contribution in [2.45, 2.75) is 18.7 Å². The van der Waals surface area contributed by atoms with Crippen molar-refractivity contribution in [3.8, 4) is 10.4 Å². The van der Waals surface area contributed by atoms with Crippen LogP contribution in [0.2, 0.25) is 0 Å². The van der Waals surface area contributed by atoms with Crippen LogP contribution in [-0.2, 0) is 21.0 Å². The number of likely N-dealkylation sites (tertiary alicyclic amines) is 1. The number of hydroxylamine groups is 1. The second kappa shape index (κ2) is 9.27. The van der Waals surface area contributed by atoms with Gasteiger partial charge in [0, 0.05) is 21.9 Å². The fourth-order valence-corrected chi connectivity index (χ4v) is 6.04. The van der Waals surface area contributed by atoms with Gasteiger partial charge in [-0.05, 0) is 47.5 Å². The molecule has 3 atom stereocenters. The number of benzene rings is 3. The molecule has 0 unspecified atom stereocenters. The summed E-state index contributed by atoms with van der Waals surface area (Å²) in [7, 11) is 0. The van der Waals surface area contributed by atoms with Crippen LogP contribution in [0.5, 0.6) is 0 Å². The van der Waals surface area contributed by atoms with E-state index in [1.807, 2.05) is 72.8 Å². The van der Waals surface area contributed by atoms with Crippen LogP contribution in [0.1, 0.15) is 16.5 Å². The number of rotatable bonds is 6. The number of hydrogen-bond acceptors (Lipinski definition) is 7. The summed E-state index contributed by atoms with van der Waals surface area (Å²) in [5.74, 6) is -1.29. The number of imide groups is 1. The molecule has 2 saturated heterocycles. The van der Waals surface area contributed by atoms with Gasteiger partial charge in [0.2, 0.25) is 5.91 Å². The van der Waals surface area contributed by atoms with Crippen molar-refractivity contribution < 1.29 is 19.3 Å². The molecule has 1 aromatic heterocycles. The molecule has 0 radical (unpaired) electrons. The summed E-state index contributed by atoms with van der Waals surface area (Å²) in [6, 6.07) is 28.6. The van der Waals surface area contributed by atoms with E-state index in [1.165, 1.54) is 28.4 Å². The van der Waals surface area contributed by atoms with Gasteiger partial charge < -0.3 is 0 Å². The molecule has 0 aliphatic carbocycles. The van der Waals surface area contributed by atoms with Gasteiger partial charge in [-0.1, -0.05) is 48.5 Å². The minimum Gasteiger partial charge on any atom is -0.275 e. The Morgan fingerprint density at radius 3 is 2.19 bits per heavy atom. The Balaban J connectivity index is 1.36. The summed E-state index contributed by atoms with van der Waals surface area (Å²) >= 11 is 1.48. The number of carbonyl (C=O) groups excluding carboxylic acids is 2. The number of nitrogens with zero attached hydrogens (tertiary/aromatic N) is 3. The van der Waals surface area contributed by atoms with Crippen molar-refractivity contribution in [2.24, 2.45) is 5.92 Å². The Kier molecular flexibility index (Phi) is 5.78. The minimum atomic E-state index is -0.911. The molecule has 0 bridgehead atoms. The molecule has 2 amide bonds. The molecule has 2 aliphatic heterocycles. The van der Waals surface area contributed by atoms with Crippen LogP contribution >= 0.6 is 11.3 Å². The maximum absolute atomic E-state index is 13.7. The molecule has 184 valence electrons. The molecule has 4 aromatic rings. The number of non-ortho nitro benzene ring substituents is 1. The van der Waals surface area contributed by atoms with E-state index < -0.39 is 23.0 Å². The number of fused-ring (bicyclic) bond motifs is 1. The van der Waals surface area contributed by atoms with Crippen LogP contribution < -0.4 is 5.06 Å². The molecule has 2 fully saturated rings. The predicted octanol–water partition coefficient (Wildman–Crippen LogP) is 5.37. The maximum Gasteiger partial charge on any atom is 0.269 e. The molecular formula is C28H21N3O5S. The summed E-state index contributed by atoms with van der Waals surface area (Å²) in [4.78, 5) is 46.9. The van der Waals surface area contributed by atoms with Gasteiger partial charge in [0.05, 0.1) is 17.2 Å². The van der Waals surface area contributed by atoms with Crippen LogP contribution in [-0.4, -0.2) is 27.7 Å². The van der Waals surface area contributed by atoms with E-state index >= 15 is 0 Å². The van der Waals surface area contributed by atoms with Gasteiger partial charge in [-0.25, -0.2) is 5.06 Å².